The number of aromatic nitrogens is 1. The van der Waals surface area contributed by atoms with E-state index < -0.39 is 0 Å². The largest absolute Gasteiger partial charge is 0.440 e. The molecule has 0 bridgehead atoms. The van der Waals surface area contributed by atoms with E-state index in [0.29, 0.717) is 23.4 Å². The molecule has 0 radical (unpaired) electrons. The Balaban J connectivity index is 1.49. The first-order valence-electron chi connectivity index (χ1n) is 8.28. The quantitative estimate of drug-likeness (QED) is 0.939. The molecule has 0 spiro atoms. The van der Waals surface area contributed by atoms with Gasteiger partial charge >= 0.3 is 0 Å². The minimum Gasteiger partial charge on any atom is -0.440 e. The third-order valence-electron chi connectivity index (χ3n) is 4.92. The highest BCUT2D eigenvalue weighted by Crippen LogP contribution is 2.28. The number of nitrogens with zero attached hydrogens (tertiary/aromatic N) is 2. The maximum absolute atomic E-state index is 12.6. The molecule has 2 fully saturated rings. The molecule has 6 heteroatoms. The normalized spacial score (nSPS) is 24.6. The van der Waals surface area contributed by atoms with Crippen LogP contribution in [0.15, 0.2) is 21.9 Å². The van der Waals surface area contributed by atoms with Crippen molar-refractivity contribution in [2.24, 2.45) is 0 Å². The number of oxazole rings is 1. The lowest BCUT2D eigenvalue weighted by Crippen LogP contribution is -2.46. The summed E-state index contributed by atoms with van der Waals surface area (Å²) in [5.41, 5.74) is 0.419. The number of thiophene rings is 1. The van der Waals surface area contributed by atoms with Crippen molar-refractivity contribution in [2.45, 2.75) is 44.7 Å². The fraction of sp³-hybridized carbons (Fsp3) is 0.529. The summed E-state index contributed by atoms with van der Waals surface area (Å²) >= 11 is 1.56. The number of fused-ring (bicyclic) bond motifs is 1. The first kappa shape index (κ1) is 14.9. The first-order chi connectivity index (χ1) is 11.2. The van der Waals surface area contributed by atoms with Crippen molar-refractivity contribution >= 4 is 17.2 Å². The van der Waals surface area contributed by atoms with Crippen LogP contribution in [0, 0.1) is 6.92 Å². The predicted molar refractivity (Wildman–Crippen MR) is 89.6 cm³/mol. The van der Waals surface area contributed by atoms with Crippen LogP contribution in [0.5, 0.6) is 0 Å². The van der Waals surface area contributed by atoms with E-state index in [9.17, 15) is 4.79 Å². The number of piperidine rings is 1. The second kappa shape index (κ2) is 6.09. The Hall–Kier alpha value is -1.66. The van der Waals surface area contributed by atoms with Gasteiger partial charge in [0.2, 0.25) is 5.89 Å². The third kappa shape index (κ3) is 2.81. The summed E-state index contributed by atoms with van der Waals surface area (Å²) in [6.07, 6.45) is 4.76. The molecule has 2 aliphatic heterocycles. The minimum absolute atomic E-state index is 0.105. The fourth-order valence-electron chi connectivity index (χ4n) is 3.77. The molecule has 2 saturated heterocycles. The van der Waals surface area contributed by atoms with Gasteiger partial charge in [0.05, 0.1) is 4.88 Å². The number of nitrogens with one attached hydrogen (secondary N) is 1. The molecule has 2 atom stereocenters. The van der Waals surface area contributed by atoms with E-state index in [-0.39, 0.29) is 11.9 Å². The van der Waals surface area contributed by atoms with Gasteiger partial charge in [0.25, 0.3) is 5.91 Å². The van der Waals surface area contributed by atoms with Crippen molar-refractivity contribution in [1.82, 2.24) is 15.2 Å². The van der Waals surface area contributed by atoms with Gasteiger partial charge in [0.1, 0.15) is 5.76 Å². The first-order valence-corrected chi connectivity index (χ1v) is 9.16. The Morgan fingerprint density at radius 1 is 1.39 bits per heavy atom. The van der Waals surface area contributed by atoms with E-state index in [1.807, 2.05) is 17.5 Å². The molecule has 1 amide bonds. The zero-order valence-electron chi connectivity index (χ0n) is 13.2. The molecule has 23 heavy (non-hydrogen) atoms. The monoisotopic (exact) mass is 331 g/mol. The molecular formula is C17H21N3O2S. The van der Waals surface area contributed by atoms with Crippen LogP contribution >= 0.6 is 11.3 Å². The molecule has 1 N–H and O–H groups in total. The lowest BCUT2D eigenvalue weighted by molar-refractivity contribution is 0.0909. The Labute approximate surface area is 139 Å². The predicted octanol–water partition coefficient (Wildman–Crippen LogP) is 3.07. The topological polar surface area (TPSA) is 58.4 Å². The van der Waals surface area contributed by atoms with Crippen molar-refractivity contribution in [3.63, 3.8) is 0 Å². The summed E-state index contributed by atoms with van der Waals surface area (Å²) in [6, 6.07) is 4.64. The minimum atomic E-state index is -0.105. The number of carbonyl (C=O) groups excluding carboxylic acids is 1. The van der Waals surface area contributed by atoms with E-state index in [2.05, 4.69) is 15.2 Å². The molecule has 5 nitrogen and oxygen atoms in total. The van der Waals surface area contributed by atoms with Crippen molar-refractivity contribution in [1.29, 1.82) is 0 Å². The molecule has 2 aromatic heterocycles. The van der Waals surface area contributed by atoms with Gasteiger partial charge in [0.15, 0.2) is 5.69 Å². The van der Waals surface area contributed by atoms with Crippen LogP contribution in [0.3, 0.4) is 0 Å². The van der Waals surface area contributed by atoms with Crippen LogP contribution in [0.25, 0.3) is 10.8 Å². The van der Waals surface area contributed by atoms with Crippen molar-refractivity contribution in [3.8, 4) is 10.8 Å². The molecule has 4 heterocycles. The van der Waals surface area contributed by atoms with Crippen molar-refractivity contribution < 1.29 is 9.21 Å². The molecule has 2 unspecified atom stereocenters. The highest BCUT2D eigenvalue weighted by molar-refractivity contribution is 7.13. The number of amides is 1. The van der Waals surface area contributed by atoms with Crippen molar-refractivity contribution in [3.05, 3.63) is 29.0 Å². The number of carbonyl (C=O) groups is 1. The van der Waals surface area contributed by atoms with Gasteiger partial charge in [-0.15, -0.1) is 11.3 Å². The standard InChI is InChI=1S/C17H21N3O2S/c1-11-15(19-17(22-11)14-6-4-10-23-14)16(21)18-12-7-9-20-8-3-2-5-13(12)20/h4,6,10,12-13H,2-3,5,7-9H2,1H3,(H,18,21). The zero-order valence-corrected chi connectivity index (χ0v) is 14.1. The molecule has 2 aromatic rings. The number of rotatable bonds is 3. The Bertz CT molecular complexity index is 695. The second-order valence-corrected chi connectivity index (χ2v) is 7.32. The number of hydrogen-bond donors (Lipinski definition) is 1. The highest BCUT2D eigenvalue weighted by atomic mass is 32.1. The SMILES string of the molecule is Cc1oc(-c2cccs2)nc1C(=O)NC1CCN2CCCCC12. The van der Waals surface area contributed by atoms with E-state index >= 15 is 0 Å². The molecular weight excluding hydrogens is 310 g/mol. The summed E-state index contributed by atoms with van der Waals surface area (Å²) in [5.74, 6) is 1.02. The maximum atomic E-state index is 12.6. The summed E-state index contributed by atoms with van der Waals surface area (Å²) in [5, 5.41) is 5.17. The summed E-state index contributed by atoms with van der Waals surface area (Å²) in [7, 11) is 0. The number of hydrogen-bond acceptors (Lipinski definition) is 5. The van der Waals surface area contributed by atoms with Crippen LogP contribution in [0.4, 0.5) is 0 Å². The van der Waals surface area contributed by atoms with Gasteiger partial charge in [-0.3, -0.25) is 9.69 Å². The smallest absolute Gasteiger partial charge is 0.273 e. The van der Waals surface area contributed by atoms with E-state index in [0.717, 1.165) is 17.8 Å². The fourth-order valence-corrected chi connectivity index (χ4v) is 4.41. The summed E-state index contributed by atoms with van der Waals surface area (Å²) in [6.45, 7) is 4.07. The Morgan fingerprint density at radius 3 is 3.13 bits per heavy atom. The van der Waals surface area contributed by atoms with Gasteiger partial charge in [-0.1, -0.05) is 12.5 Å². The highest BCUT2D eigenvalue weighted by Gasteiger charge is 2.36. The van der Waals surface area contributed by atoms with Gasteiger partial charge in [-0.2, -0.15) is 0 Å². The van der Waals surface area contributed by atoms with Crippen LogP contribution in [0.2, 0.25) is 0 Å². The Kier molecular flexibility index (Phi) is 3.95. The summed E-state index contributed by atoms with van der Waals surface area (Å²) < 4.78 is 5.68. The summed E-state index contributed by atoms with van der Waals surface area (Å²) in [4.78, 5) is 20.5. The van der Waals surface area contributed by atoms with E-state index in [4.69, 9.17) is 4.42 Å². The number of aryl methyl sites for hydroxylation is 1. The van der Waals surface area contributed by atoms with Gasteiger partial charge in [0, 0.05) is 18.6 Å². The van der Waals surface area contributed by atoms with Crippen LogP contribution in [-0.4, -0.2) is 41.0 Å². The van der Waals surface area contributed by atoms with Crippen molar-refractivity contribution in [2.75, 3.05) is 13.1 Å². The molecule has 122 valence electrons. The van der Waals surface area contributed by atoms with Gasteiger partial charge in [-0.25, -0.2) is 4.98 Å². The lowest BCUT2D eigenvalue weighted by Gasteiger charge is -2.32. The molecule has 2 aliphatic rings. The van der Waals surface area contributed by atoms with Crippen LogP contribution in [0.1, 0.15) is 41.9 Å². The second-order valence-electron chi connectivity index (χ2n) is 6.37. The van der Waals surface area contributed by atoms with E-state index in [1.54, 1.807) is 18.3 Å². The zero-order chi connectivity index (χ0) is 15.8. The van der Waals surface area contributed by atoms with Gasteiger partial charge < -0.3 is 9.73 Å². The molecule has 0 saturated carbocycles. The van der Waals surface area contributed by atoms with Crippen LogP contribution < -0.4 is 5.32 Å². The molecule has 0 aromatic carbocycles. The molecule has 4 rings (SSSR count). The average Bonchev–Trinajstić information content (AvgIpc) is 3.27. The Morgan fingerprint density at radius 2 is 2.30 bits per heavy atom. The third-order valence-corrected chi connectivity index (χ3v) is 5.77. The molecule has 0 aliphatic carbocycles. The average molecular weight is 331 g/mol. The maximum Gasteiger partial charge on any atom is 0.273 e. The lowest BCUT2D eigenvalue weighted by atomic mass is 9.99. The van der Waals surface area contributed by atoms with Crippen LogP contribution in [-0.2, 0) is 0 Å². The van der Waals surface area contributed by atoms with Gasteiger partial charge in [-0.05, 0) is 44.2 Å². The van der Waals surface area contributed by atoms with E-state index in [1.165, 1.54) is 25.8 Å².